The molecule has 1 amide bonds. The molecular weight excluding hydrogens is 214 g/mol. The second kappa shape index (κ2) is 6.36. The van der Waals surface area contributed by atoms with Crippen LogP contribution in [0.4, 0.5) is 0 Å². The first-order chi connectivity index (χ1) is 8.29. The average molecular weight is 239 g/mol. The molecule has 1 atom stereocenters. The van der Waals surface area contributed by atoms with E-state index in [1.807, 2.05) is 4.90 Å². The molecule has 0 aromatic rings. The zero-order valence-electron chi connectivity index (χ0n) is 11.0. The molecule has 17 heavy (non-hydrogen) atoms. The van der Waals surface area contributed by atoms with E-state index in [2.05, 4.69) is 17.1 Å². The van der Waals surface area contributed by atoms with Crippen molar-refractivity contribution >= 4 is 5.91 Å². The Bertz CT molecular complexity index is 243. The summed E-state index contributed by atoms with van der Waals surface area (Å²) in [5, 5.41) is 3.45. The van der Waals surface area contributed by atoms with Crippen LogP contribution < -0.4 is 5.32 Å². The van der Waals surface area contributed by atoms with Crippen LogP contribution in [0.25, 0.3) is 0 Å². The van der Waals surface area contributed by atoms with Crippen molar-refractivity contribution in [1.29, 1.82) is 0 Å². The molecule has 0 unspecified atom stereocenters. The smallest absolute Gasteiger partial charge is 0.222 e. The molecule has 2 fully saturated rings. The quantitative estimate of drug-likeness (QED) is 0.784. The Labute approximate surface area is 104 Å². The Morgan fingerprint density at radius 1 is 1.29 bits per heavy atom. The molecule has 0 aromatic heterocycles. The van der Waals surface area contributed by atoms with Gasteiger partial charge in [-0.1, -0.05) is 6.92 Å². The third-order valence-corrected chi connectivity index (χ3v) is 4.04. The molecule has 2 aliphatic rings. The third-order valence-electron chi connectivity index (χ3n) is 4.04. The van der Waals surface area contributed by atoms with Gasteiger partial charge < -0.3 is 15.1 Å². The molecule has 0 radical (unpaired) electrons. The lowest BCUT2D eigenvalue weighted by Crippen LogP contribution is -2.48. The molecule has 2 heterocycles. The van der Waals surface area contributed by atoms with E-state index in [-0.39, 0.29) is 0 Å². The van der Waals surface area contributed by atoms with Crippen LogP contribution >= 0.6 is 0 Å². The molecule has 2 rings (SSSR count). The molecule has 0 aromatic carbocycles. The van der Waals surface area contributed by atoms with Crippen molar-refractivity contribution in [3.8, 4) is 0 Å². The summed E-state index contributed by atoms with van der Waals surface area (Å²) in [5.41, 5.74) is 0. The van der Waals surface area contributed by atoms with E-state index in [0.717, 1.165) is 52.1 Å². The summed E-state index contributed by atoms with van der Waals surface area (Å²) in [5.74, 6) is 0.356. The Morgan fingerprint density at radius 2 is 2.06 bits per heavy atom. The summed E-state index contributed by atoms with van der Waals surface area (Å²) in [6.45, 7) is 8.36. The van der Waals surface area contributed by atoms with Crippen molar-refractivity contribution in [1.82, 2.24) is 15.1 Å². The number of nitrogens with one attached hydrogen (secondary N) is 1. The molecule has 0 spiro atoms. The van der Waals surface area contributed by atoms with Gasteiger partial charge >= 0.3 is 0 Å². The number of nitrogens with zero attached hydrogens (tertiary/aromatic N) is 2. The first kappa shape index (κ1) is 12.8. The normalized spacial score (nSPS) is 26.4. The SMILES string of the molecule is CCN1CCN(C(=O)CC[C@H]2CCCN2)CC1. The number of amides is 1. The number of hydrogen-bond donors (Lipinski definition) is 1. The van der Waals surface area contributed by atoms with Crippen molar-refractivity contribution in [3.05, 3.63) is 0 Å². The van der Waals surface area contributed by atoms with E-state index in [0.29, 0.717) is 11.9 Å². The summed E-state index contributed by atoms with van der Waals surface area (Å²) < 4.78 is 0. The highest BCUT2D eigenvalue weighted by Crippen LogP contribution is 2.12. The fourth-order valence-corrected chi connectivity index (χ4v) is 2.77. The minimum absolute atomic E-state index is 0.356. The van der Waals surface area contributed by atoms with Gasteiger partial charge in [0.15, 0.2) is 0 Å². The monoisotopic (exact) mass is 239 g/mol. The molecule has 2 aliphatic heterocycles. The summed E-state index contributed by atoms with van der Waals surface area (Å²) in [6, 6.07) is 0.593. The zero-order valence-corrected chi connectivity index (χ0v) is 11.0. The number of piperazine rings is 1. The Balaban J connectivity index is 1.66. The van der Waals surface area contributed by atoms with Crippen molar-refractivity contribution in [2.45, 2.75) is 38.6 Å². The van der Waals surface area contributed by atoms with Gasteiger partial charge in [-0.05, 0) is 32.4 Å². The van der Waals surface area contributed by atoms with Crippen LogP contribution in [-0.4, -0.2) is 61.0 Å². The lowest BCUT2D eigenvalue weighted by Gasteiger charge is -2.34. The van der Waals surface area contributed by atoms with Crippen molar-refractivity contribution in [2.75, 3.05) is 39.3 Å². The number of likely N-dealkylation sites (N-methyl/N-ethyl adjacent to an activating group) is 1. The van der Waals surface area contributed by atoms with Gasteiger partial charge in [-0.25, -0.2) is 0 Å². The van der Waals surface area contributed by atoms with Crippen LogP contribution in [0, 0.1) is 0 Å². The molecule has 0 saturated carbocycles. The highest BCUT2D eigenvalue weighted by molar-refractivity contribution is 5.76. The summed E-state index contributed by atoms with van der Waals surface area (Å²) >= 11 is 0. The molecule has 1 N–H and O–H groups in total. The number of carbonyl (C=O) groups excluding carboxylic acids is 1. The van der Waals surface area contributed by atoms with Crippen molar-refractivity contribution in [2.24, 2.45) is 0 Å². The molecule has 0 bridgehead atoms. The highest BCUT2D eigenvalue weighted by atomic mass is 16.2. The van der Waals surface area contributed by atoms with Crippen molar-refractivity contribution in [3.63, 3.8) is 0 Å². The average Bonchev–Trinajstić information content (AvgIpc) is 2.89. The predicted molar refractivity (Wildman–Crippen MR) is 69.0 cm³/mol. The first-order valence-corrected chi connectivity index (χ1v) is 7.03. The maximum absolute atomic E-state index is 12.0. The van der Waals surface area contributed by atoms with E-state index in [1.165, 1.54) is 12.8 Å². The lowest BCUT2D eigenvalue weighted by atomic mass is 10.1. The number of hydrogen-bond acceptors (Lipinski definition) is 3. The molecular formula is C13H25N3O. The van der Waals surface area contributed by atoms with Crippen LogP contribution in [0.2, 0.25) is 0 Å². The molecule has 2 saturated heterocycles. The number of carbonyl (C=O) groups is 1. The fraction of sp³-hybridized carbons (Fsp3) is 0.923. The maximum atomic E-state index is 12.0. The van der Waals surface area contributed by atoms with E-state index in [1.54, 1.807) is 0 Å². The van der Waals surface area contributed by atoms with Crippen molar-refractivity contribution < 1.29 is 4.79 Å². The minimum atomic E-state index is 0.356. The van der Waals surface area contributed by atoms with E-state index >= 15 is 0 Å². The first-order valence-electron chi connectivity index (χ1n) is 7.03. The molecule has 0 aliphatic carbocycles. The van der Waals surface area contributed by atoms with Crippen LogP contribution in [0.1, 0.15) is 32.6 Å². The maximum Gasteiger partial charge on any atom is 0.222 e. The highest BCUT2D eigenvalue weighted by Gasteiger charge is 2.21. The van der Waals surface area contributed by atoms with Gasteiger partial charge in [-0.15, -0.1) is 0 Å². The van der Waals surface area contributed by atoms with Gasteiger partial charge in [0.05, 0.1) is 0 Å². The Hall–Kier alpha value is -0.610. The van der Waals surface area contributed by atoms with E-state index in [9.17, 15) is 4.79 Å². The van der Waals surface area contributed by atoms with Gasteiger partial charge in [-0.3, -0.25) is 4.79 Å². The summed E-state index contributed by atoms with van der Waals surface area (Å²) in [7, 11) is 0. The zero-order chi connectivity index (χ0) is 12.1. The Morgan fingerprint density at radius 3 is 2.65 bits per heavy atom. The van der Waals surface area contributed by atoms with E-state index in [4.69, 9.17) is 0 Å². The third kappa shape index (κ3) is 3.68. The largest absolute Gasteiger partial charge is 0.340 e. The lowest BCUT2D eigenvalue weighted by molar-refractivity contribution is -0.133. The second-order valence-corrected chi connectivity index (χ2v) is 5.15. The molecule has 98 valence electrons. The van der Waals surface area contributed by atoms with Gasteiger partial charge in [-0.2, -0.15) is 0 Å². The molecule has 4 nitrogen and oxygen atoms in total. The van der Waals surface area contributed by atoms with Gasteiger partial charge in [0.2, 0.25) is 5.91 Å². The van der Waals surface area contributed by atoms with Gasteiger partial charge in [0, 0.05) is 38.6 Å². The standard InChI is InChI=1S/C13H25N3O/c1-2-15-8-10-16(11-9-15)13(17)6-5-12-4-3-7-14-12/h12,14H,2-11H2,1H3/t12-/m1/s1. The molecule has 4 heteroatoms. The summed E-state index contributed by atoms with van der Waals surface area (Å²) in [6.07, 6.45) is 4.27. The van der Waals surface area contributed by atoms with Gasteiger partial charge in [0.1, 0.15) is 0 Å². The minimum Gasteiger partial charge on any atom is -0.340 e. The van der Waals surface area contributed by atoms with Crippen LogP contribution in [-0.2, 0) is 4.79 Å². The Kier molecular flexibility index (Phi) is 4.80. The summed E-state index contributed by atoms with van der Waals surface area (Å²) in [4.78, 5) is 16.5. The number of rotatable bonds is 4. The van der Waals surface area contributed by atoms with Gasteiger partial charge in [0.25, 0.3) is 0 Å². The fourth-order valence-electron chi connectivity index (χ4n) is 2.77. The van der Waals surface area contributed by atoms with E-state index < -0.39 is 0 Å². The second-order valence-electron chi connectivity index (χ2n) is 5.15. The van der Waals surface area contributed by atoms with Crippen LogP contribution in [0.15, 0.2) is 0 Å². The topological polar surface area (TPSA) is 35.6 Å². The predicted octanol–water partition coefficient (Wildman–Crippen LogP) is 0.683. The van der Waals surface area contributed by atoms with Crippen LogP contribution in [0.3, 0.4) is 0 Å². The van der Waals surface area contributed by atoms with Crippen LogP contribution in [0.5, 0.6) is 0 Å².